The fourth-order valence-corrected chi connectivity index (χ4v) is 0.574. The molecule has 52 valence electrons. The fraction of sp³-hybridized carbons (Fsp3) is 0.571. The van der Waals surface area contributed by atoms with E-state index in [0.29, 0.717) is 17.9 Å². The summed E-state index contributed by atoms with van der Waals surface area (Å²) in [5, 5.41) is 0. The summed E-state index contributed by atoms with van der Waals surface area (Å²) in [7, 11) is 0. The molecule has 0 radical (unpaired) electrons. The van der Waals surface area contributed by atoms with Gasteiger partial charge >= 0.3 is 0 Å². The number of hydrogen-bond donors (Lipinski definition) is 0. The van der Waals surface area contributed by atoms with Gasteiger partial charge in [0.2, 0.25) is 0 Å². The first-order chi connectivity index (χ1) is 4.18. The van der Waals surface area contributed by atoms with Crippen LogP contribution in [0.1, 0.15) is 19.8 Å². The molecule has 0 bridgehead atoms. The Morgan fingerprint density at radius 3 is 2.56 bits per heavy atom. The third-order valence-electron chi connectivity index (χ3n) is 1.01. The lowest BCUT2D eigenvalue weighted by Gasteiger charge is -1.94. The molecule has 0 aliphatic heterocycles. The van der Waals surface area contributed by atoms with E-state index in [0.717, 1.165) is 6.42 Å². The summed E-state index contributed by atoms with van der Waals surface area (Å²) < 4.78 is 0. The number of Topliss-reactive ketones (excluding diaryl/α,β-unsaturated/α-hetero) is 1. The van der Waals surface area contributed by atoms with Crippen molar-refractivity contribution in [2.45, 2.75) is 19.8 Å². The van der Waals surface area contributed by atoms with Gasteiger partial charge in [0.05, 0.1) is 0 Å². The molecule has 9 heavy (non-hydrogen) atoms. The predicted molar refractivity (Wildman–Crippen MR) is 39.8 cm³/mol. The van der Waals surface area contributed by atoms with E-state index in [1.165, 1.54) is 0 Å². The zero-order valence-electron chi connectivity index (χ0n) is 5.61. The van der Waals surface area contributed by atoms with E-state index in [-0.39, 0.29) is 5.78 Å². The number of ketones is 1. The van der Waals surface area contributed by atoms with E-state index >= 15 is 0 Å². The Kier molecular flexibility index (Phi) is 4.41. The molecule has 0 atom stereocenters. The highest BCUT2D eigenvalue weighted by molar-refractivity contribution is 6.18. The molecule has 0 aliphatic carbocycles. The van der Waals surface area contributed by atoms with Gasteiger partial charge in [-0.3, -0.25) is 4.79 Å². The van der Waals surface area contributed by atoms with Crippen molar-refractivity contribution < 1.29 is 4.79 Å². The minimum Gasteiger partial charge on any atom is -0.295 e. The van der Waals surface area contributed by atoms with Gasteiger partial charge in [0.25, 0.3) is 0 Å². The van der Waals surface area contributed by atoms with Crippen molar-refractivity contribution in [1.82, 2.24) is 0 Å². The predicted octanol–water partition coefficient (Wildman–Crippen LogP) is 2.15. The molecule has 2 heteroatoms. The average Bonchev–Trinajstić information content (AvgIpc) is 1.82. The maximum absolute atomic E-state index is 10.7. The number of carbonyl (C=O) groups excluding carboxylic acids is 1. The molecule has 1 nitrogen and oxygen atoms in total. The molecule has 0 spiro atoms. The van der Waals surface area contributed by atoms with E-state index in [1.54, 1.807) is 6.92 Å². The smallest absolute Gasteiger partial charge is 0.158 e. The van der Waals surface area contributed by atoms with Crippen molar-refractivity contribution in [3.63, 3.8) is 0 Å². The zero-order valence-corrected chi connectivity index (χ0v) is 6.37. The van der Waals surface area contributed by atoms with Gasteiger partial charge < -0.3 is 0 Å². The van der Waals surface area contributed by atoms with Gasteiger partial charge in [0, 0.05) is 12.3 Å². The summed E-state index contributed by atoms with van der Waals surface area (Å²) in [5.41, 5.74) is 0.625. The van der Waals surface area contributed by atoms with Crippen LogP contribution in [-0.4, -0.2) is 11.7 Å². The summed E-state index contributed by atoms with van der Waals surface area (Å²) in [4.78, 5) is 10.7. The molecule has 0 aliphatic rings. The molecule has 0 N–H and O–H groups in total. The Balaban J connectivity index is 3.39. The van der Waals surface area contributed by atoms with Crippen molar-refractivity contribution in [3.05, 3.63) is 12.2 Å². The second kappa shape index (κ2) is 4.57. The van der Waals surface area contributed by atoms with Gasteiger partial charge in [-0.2, -0.15) is 0 Å². The summed E-state index contributed by atoms with van der Waals surface area (Å²) in [6.07, 6.45) is 1.30. The van der Waals surface area contributed by atoms with Crippen molar-refractivity contribution in [2.24, 2.45) is 0 Å². The van der Waals surface area contributed by atoms with Crippen LogP contribution in [0, 0.1) is 0 Å². The number of halogens is 1. The topological polar surface area (TPSA) is 17.1 Å². The van der Waals surface area contributed by atoms with Crippen molar-refractivity contribution >= 4 is 17.4 Å². The number of rotatable bonds is 4. The molecule has 0 fully saturated rings. The highest BCUT2D eigenvalue weighted by Crippen LogP contribution is 1.99. The zero-order chi connectivity index (χ0) is 7.28. The third kappa shape index (κ3) is 4.22. The van der Waals surface area contributed by atoms with Crippen LogP contribution >= 0.6 is 11.6 Å². The Morgan fingerprint density at radius 1 is 1.67 bits per heavy atom. The molecule has 0 amide bonds. The Morgan fingerprint density at radius 2 is 2.22 bits per heavy atom. The maximum atomic E-state index is 10.7. The van der Waals surface area contributed by atoms with E-state index in [1.807, 2.05) is 0 Å². The van der Waals surface area contributed by atoms with Crippen LogP contribution in [0.25, 0.3) is 0 Å². The van der Waals surface area contributed by atoms with Crippen LogP contribution < -0.4 is 0 Å². The monoisotopic (exact) mass is 146 g/mol. The second-order valence-electron chi connectivity index (χ2n) is 2.00. The molecular formula is C7H11ClO. The third-order valence-corrected chi connectivity index (χ3v) is 1.28. The van der Waals surface area contributed by atoms with Crippen molar-refractivity contribution in [2.75, 3.05) is 5.88 Å². The summed E-state index contributed by atoms with van der Waals surface area (Å²) >= 11 is 5.37. The van der Waals surface area contributed by atoms with Crippen LogP contribution in [-0.2, 0) is 4.79 Å². The summed E-state index contributed by atoms with van der Waals surface area (Å²) in [5.74, 6) is 0.676. The van der Waals surface area contributed by atoms with Crippen LogP contribution in [0.3, 0.4) is 0 Å². The van der Waals surface area contributed by atoms with E-state index in [9.17, 15) is 4.79 Å². The number of alkyl halides is 1. The van der Waals surface area contributed by atoms with Crippen LogP contribution in [0.5, 0.6) is 0 Å². The average molecular weight is 147 g/mol. The summed E-state index contributed by atoms with van der Waals surface area (Å²) in [6.45, 7) is 5.23. The highest BCUT2D eigenvalue weighted by atomic mass is 35.5. The number of carbonyl (C=O) groups is 1. The van der Waals surface area contributed by atoms with Gasteiger partial charge in [0.1, 0.15) is 0 Å². The standard InChI is InChI=1S/C7H11ClO/c1-6(2)7(9)4-3-5-8/h1,3-5H2,2H3. The first-order valence-electron chi connectivity index (χ1n) is 2.93. The Bertz CT molecular complexity index is 118. The first kappa shape index (κ1) is 8.70. The highest BCUT2D eigenvalue weighted by Gasteiger charge is 1.99. The minimum absolute atomic E-state index is 0.121. The molecule has 0 unspecified atom stereocenters. The largest absolute Gasteiger partial charge is 0.295 e. The normalized spacial score (nSPS) is 9.11. The number of allylic oxidation sites excluding steroid dienone is 1. The molecule has 0 heterocycles. The van der Waals surface area contributed by atoms with E-state index in [2.05, 4.69) is 6.58 Å². The molecule has 0 saturated carbocycles. The Hall–Kier alpha value is -0.300. The van der Waals surface area contributed by atoms with Gasteiger partial charge in [0.15, 0.2) is 5.78 Å². The molecular weight excluding hydrogens is 136 g/mol. The quantitative estimate of drug-likeness (QED) is 0.439. The van der Waals surface area contributed by atoms with Gasteiger partial charge in [-0.15, -0.1) is 11.6 Å². The lowest BCUT2D eigenvalue weighted by atomic mass is 10.1. The van der Waals surface area contributed by atoms with Crippen molar-refractivity contribution in [3.8, 4) is 0 Å². The van der Waals surface area contributed by atoms with Gasteiger partial charge in [-0.05, 0) is 18.9 Å². The van der Waals surface area contributed by atoms with Crippen LogP contribution in [0.2, 0.25) is 0 Å². The Labute approximate surface area is 60.7 Å². The first-order valence-corrected chi connectivity index (χ1v) is 3.46. The lowest BCUT2D eigenvalue weighted by molar-refractivity contribution is -0.115. The maximum Gasteiger partial charge on any atom is 0.158 e. The molecule has 0 aromatic heterocycles. The fourth-order valence-electron chi connectivity index (χ4n) is 0.441. The van der Waals surface area contributed by atoms with E-state index < -0.39 is 0 Å². The van der Waals surface area contributed by atoms with E-state index in [4.69, 9.17) is 11.6 Å². The molecule has 0 aromatic carbocycles. The van der Waals surface area contributed by atoms with Gasteiger partial charge in [-0.25, -0.2) is 0 Å². The molecule has 0 saturated heterocycles. The van der Waals surface area contributed by atoms with Crippen molar-refractivity contribution in [1.29, 1.82) is 0 Å². The number of hydrogen-bond acceptors (Lipinski definition) is 1. The van der Waals surface area contributed by atoms with Gasteiger partial charge in [-0.1, -0.05) is 6.58 Å². The van der Waals surface area contributed by atoms with Crippen LogP contribution in [0.15, 0.2) is 12.2 Å². The second-order valence-corrected chi connectivity index (χ2v) is 2.37. The van der Waals surface area contributed by atoms with Crippen LogP contribution in [0.4, 0.5) is 0 Å². The molecule has 0 rings (SSSR count). The lowest BCUT2D eigenvalue weighted by Crippen LogP contribution is -1.97. The summed E-state index contributed by atoms with van der Waals surface area (Å²) in [6, 6.07) is 0. The molecule has 0 aromatic rings. The minimum atomic E-state index is 0.121. The SMILES string of the molecule is C=C(C)C(=O)CCCCl.